The predicted octanol–water partition coefficient (Wildman–Crippen LogP) is 3.41. The van der Waals surface area contributed by atoms with E-state index in [2.05, 4.69) is 20.7 Å². The Morgan fingerprint density at radius 1 is 1.04 bits per heavy atom. The Hall–Kier alpha value is -1.97. The highest BCUT2D eigenvalue weighted by Gasteiger charge is 2.31. The van der Waals surface area contributed by atoms with E-state index in [-0.39, 0.29) is 11.7 Å². The van der Waals surface area contributed by atoms with Crippen LogP contribution >= 0.6 is 15.9 Å². The van der Waals surface area contributed by atoms with Gasteiger partial charge in [0, 0.05) is 10.5 Å². The smallest absolute Gasteiger partial charge is 0.242 e. The van der Waals surface area contributed by atoms with Crippen LogP contribution in [0.25, 0.3) is 0 Å². The highest BCUT2D eigenvalue weighted by molar-refractivity contribution is 9.10. The molecule has 0 aliphatic carbocycles. The molecule has 0 bridgehead atoms. The van der Waals surface area contributed by atoms with E-state index in [1.807, 2.05) is 0 Å². The monoisotopic (exact) mass is 457 g/mol. The van der Waals surface area contributed by atoms with Gasteiger partial charge in [0.1, 0.15) is 4.90 Å². The molecule has 2 aromatic carbocycles. The third-order valence-electron chi connectivity index (χ3n) is 4.21. The minimum atomic E-state index is -3.87. The van der Waals surface area contributed by atoms with E-state index in [9.17, 15) is 8.42 Å². The van der Waals surface area contributed by atoms with Crippen molar-refractivity contribution in [1.82, 2.24) is 4.72 Å². The molecule has 0 aromatic heterocycles. The van der Waals surface area contributed by atoms with Crippen LogP contribution in [0, 0.1) is 0 Å². The average Bonchev–Trinajstić information content (AvgIpc) is 3.08. The molecule has 0 atom stereocenters. The summed E-state index contributed by atoms with van der Waals surface area (Å²) in [5, 5.41) is 0. The molecule has 1 aliphatic heterocycles. The summed E-state index contributed by atoms with van der Waals surface area (Å²) < 4.78 is 50.3. The second-order valence-corrected chi connectivity index (χ2v) is 8.94. The first-order valence-corrected chi connectivity index (χ1v) is 10.3. The van der Waals surface area contributed by atoms with Crippen molar-refractivity contribution in [3.05, 3.63) is 40.4 Å². The molecule has 1 aliphatic rings. The topological polar surface area (TPSA) is 83.1 Å². The summed E-state index contributed by atoms with van der Waals surface area (Å²) in [6.45, 7) is 3.71. The molecule has 146 valence electrons. The molecule has 9 heteroatoms. The molecule has 0 saturated carbocycles. The molecule has 0 spiro atoms. The lowest BCUT2D eigenvalue weighted by Crippen LogP contribution is -2.41. The second-order valence-electron chi connectivity index (χ2n) is 6.44. The standard InChI is InChI=1S/C18H20BrNO6S/c1-18(2,11-5-6-13-16(7-11)26-10-25-13)20-27(21,22)17-9-15(24-4)14(23-3)8-12(17)19/h5-9,20H,10H2,1-4H3. The minimum Gasteiger partial charge on any atom is -0.493 e. The van der Waals surface area contributed by atoms with Crippen molar-refractivity contribution in [2.24, 2.45) is 0 Å². The van der Waals surface area contributed by atoms with Gasteiger partial charge in [0.15, 0.2) is 23.0 Å². The molecule has 0 saturated heterocycles. The molecule has 1 N–H and O–H groups in total. The summed E-state index contributed by atoms with van der Waals surface area (Å²) in [6, 6.07) is 8.32. The molecule has 0 amide bonds. The van der Waals surface area contributed by atoms with Crippen molar-refractivity contribution in [2.45, 2.75) is 24.3 Å². The van der Waals surface area contributed by atoms with E-state index < -0.39 is 15.6 Å². The largest absolute Gasteiger partial charge is 0.493 e. The van der Waals surface area contributed by atoms with Gasteiger partial charge in [-0.05, 0) is 53.5 Å². The zero-order valence-electron chi connectivity index (χ0n) is 15.3. The van der Waals surface area contributed by atoms with Crippen LogP contribution in [-0.2, 0) is 15.6 Å². The van der Waals surface area contributed by atoms with Crippen LogP contribution in [0.4, 0.5) is 0 Å². The molecule has 7 nitrogen and oxygen atoms in total. The van der Waals surface area contributed by atoms with Gasteiger partial charge < -0.3 is 18.9 Å². The normalized spacial score (nSPS) is 13.5. The molecule has 27 heavy (non-hydrogen) atoms. The molecular weight excluding hydrogens is 438 g/mol. The summed E-state index contributed by atoms with van der Waals surface area (Å²) in [7, 11) is -0.937. The van der Waals surface area contributed by atoms with Crippen molar-refractivity contribution in [3.63, 3.8) is 0 Å². The van der Waals surface area contributed by atoms with Crippen molar-refractivity contribution in [1.29, 1.82) is 0 Å². The highest BCUT2D eigenvalue weighted by Crippen LogP contribution is 2.38. The van der Waals surface area contributed by atoms with Crippen LogP contribution in [0.15, 0.2) is 39.7 Å². The predicted molar refractivity (Wildman–Crippen MR) is 103 cm³/mol. The van der Waals surface area contributed by atoms with Gasteiger partial charge in [0.25, 0.3) is 0 Å². The number of rotatable bonds is 6. The Balaban J connectivity index is 1.96. The zero-order valence-corrected chi connectivity index (χ0v) is 17.7. The van der Waals surface area contributed by atoms with Gasteiger partial charge in [0.05, 0.1) is 19.8 Å². The first-order chi connectivity index (χ1) is 12.7. The number of ether oxygens (including phenoxy) is 4. The fourth-order valence-corrected chi connectivity index (χ4v) is 5.22. The van der Waals surface area contributed by atoms with Gasteiger partial charge in [0.2, 0.25) is 16.8 Å². The van der Waals surface area contributed by atoms with Gasteiger partial charge in [-0.3, -0.25) is 0 Å². The number of sulfonamides is 1. The quantitative estimate of drug-likeness (QED) is 0.715. The first-order valence-electron chi connectivity index (χ1n) is 8.03. The van der Waals surface area contributed by atoms with E-state index >= 15 is 0 Å². The van der Waals surface area contributed by atoms with Crippen LogP contribution in [0.2, 0.25) is 0 Å². The Morgan fingerprint density at radius 2 is 1.67 bits per heavy atom. The lowest BCUT2D eigenvalue weighted by Gasteiger charge is -2.27. The maximum absolute atomic E-state index is 13.1. The number of hydrogen-bond donors (Lipinski definition) is 1. The lowest BCUT2D eigenvalue weighted by molar-refractivity contribution is 0.174. The van der Waals surface area contributed by atoms with Crippen LogP contribution < -0.4 is 23.7 Å². The Labute approximate surface area is 166 Å². The van der Waals surface area contributed by atoms with Crippen LogP contribution in [0.1, 0.15) is 19.4 Å². The van der Waals surface area contributed by atoms with Crippen molar-refractivity contribution in [2.75, 3.05) is 21.0 Å². The SMILES string of the molecule is COc1cc(Br)c(S(=O)(=O)NC(C)(C)c2ccc3c(c2)OCO3)cc1OC. The van der Waals surface area contributed by atoms with Crippen molar-refractivity contribution >= 4 is 26.0 Å². The fraction of sp³-hybridized carbons (Fsp3) is 0.333. The summed E-state index contributed by atoms with van der Waals surface area (Å²) >= 11 is 3.30. The lowest BCUT2D eigenvalue weighted by atomic mass is 9.95. The van der Waals surface area contributed by atoms with E-state index in [4.69, 9.17) is 18.9 Å². The fourth-order valence-electron chi connectivity index (χ4n) is 2.78. The second kappa shape index (κ2) is 7.21. The molecular formula is C18H20BrNO6S. The summed E-state index contributed by atoms with van der Waals surface area (Å²) in [6.07, 6.45) is 0. The number of halogens is 1. The zero-order chi connectivity index (χ0) is 19.8. The molecule has 0 fully saturated rings. The maximum atomic E-state index is 13.1. The summed E-state index contributed by atoms with van der Waals surface area (Å²) in [4.78, 5) is 0.0500. The van der Waals surface area contributed by atoms with E-state index in [0.29, 0.717) is 27.5 Å². The number of hydrogen-bond acceptors (Lipinski definition) is 6. The van der Waals surface area contributed by atoms with Gasteiger partial charge in [-0.2, -0.15) is 0 Å². The van der Waals surface area contributed by atoms with Gasteiger partial charge in [-0.25, -0.2) is 13.1 Å². The average molecular weight is 458 g/mol. The summed E-state index contributed by atoms with van der Waals surface area (Å²) in [5.41, 5.74) is -0.154. The number of methoxy groups -OCH3 is 2. The number of fused-ring (bicyclic) bond motifs is 1. The van der Waals surface area contributed by atoms with E-state index in [1.54, 1.807) is 38.1 Å². The Kier molecular flexibility index (Phi) is 5.29. The van der Waals surface area contributed by atoms with Gasteiger partial charge >= 0.3 is 0 Å². The number of nitrogens with one attached hydrogen (secondary N) is 1. The van der Waals surface area contributed by atoms with Crippen LogP contribution in [0.5, 0.6) is 23.0 Å². The number of benzene rings is 2. The van der Waals surface area contributed by atoms with Crippen molar-refractivity contribution < 1.29 is 27.4 Å². The minimum absolute atomic E-state index is 0.0500. The third-order valence-corrected chi connectivity index (χ3v) is 6.83. The molecule has 2 aromatic rings. The third kappa shape index (κ3) is 3.85. The van der Waals surface area contributed by atoms with Gasteiger partial charge in [-0.15, -0.1) is 0 Å². The van der Waals surface area contributed by atoms with E-state index in [0.717, 1.165) is 5.56 Å². The molecule has 3 rings (SSSR count). The molecule has 0 radical (unpaired) electrons. The Morgan fingerprint density at radius 3 is 2.33 bits per heavy atom. The molecule has 1 heterocycles. The van der Waals surface area contributed by atoms with Gasteiger partial charge in [-0.1, -0.05) is 6.07 Å². The maximum Gasteiger partial charge on any atom is 0.242 e. The van der Waals surface area contributed by atoms with Crippen molar-refractivity contribution in [3.8, 4) is 23.0 Å². The Bertz CT molecular complexity index is 974. The first kappa shape index (κ1) is 19.8. The molecule has 0 unspecified atom stereocenters. The van der Waals surface area contributed by atoms with E-state index in [1.165, 1.54) is 20.3 Å². The summed E-state index contributed by atoms with van der Waals surface area (Å²) in [5.74, 6) is 1.98. The van der Waals surface area contributed by atoms with Crippen LogP contribution in [0.3, 0.4) is 0 Å². The highest BCUT2D eigenvalue weighted by atomic mass is 79.9. The van der Waals surface area contributed by atoms with Crippen LogP contribution in [-0.4, -0.2) is 29.4 Å².